The average molecular weight is 526 g/mol. The number of rotatable bonds is 7. The fourth-order valence-corrected chi connectivity index (χ4v) is 6.87. The Labute approximate surface area is 218 Å². The smallest absolute Gasteiger partial charge is 0.333 e. The molecule has 4 rings (SSSR count). The molecule has 3 heterocycles. The summed E-state index contributed by atoms with van der Waals surface area (Å²) in [7, 11) is 0. The zero-order chi connectivity index (χ0) is 26.9. The molecule has 1 aliphatic carbocycles. The van der Waals surface area contributed by atoms with Crippen LogP contribution < -0.4 is 11.1 Å². The van der Waals surface area contributed by atoms with Crippen molar-refractivity contribution in [2.24, 2.45) is 29.4 Å². The number of Topliss-reactive ketones (excluding diaryl/α,β-unsaturated/α-hetero) is 1. The second kappa shape index (κ2) is 11.8. The van der Waals surface area contributed by atoms with Crippen molar-refractivity contribution in [1.29, 1.82) is 0 Å². The van der Waals surface area contributed by atoms with Crippen LogP contribution in [0.2, 0.25) is 0 Å². The second-order valence-electron chi connectivity index (χ2n) is 11.7. The number of aliphatic hydroxyl groups excluding tert-OH is 3. The number of allylic oxidation sites excluding steroid dienone is 1. The number of nitrogens with two attached hydrogens (primary N) is 2. The summed E-state index contributed by atoms with van der Waals surface area (Å²) in [6.45, 7) is 5.82. The number of carbonyl (C=O) groups excluding carboxylic acids is 2. The van der Waals surface area contributed by atoms with Gasteiger partial charge in [-0.25, -0.2) is 4.79 Å². The number of ketones is 1. The van der Waals surface area contributed by atoms with Crippen molar-refractivity contribution >= 4 is 11.8 Å². The van der Waals surface area contributed by atoms with Crippen LogP contribution >= 0.6 is 0 Å². The highest BCUT2D eigenvalue weighted by Gasteiger charge is 2.59. The molecule has 210 valence electrons. The van der Waals surface area contributed by atoms with Crippen LogP contribution in [0.15, 0.2) is 11.6 Å². The first-order valence-corrected chi connectivity index (χ1v) is 13.8. The van der Waals surface area contributed by atoms with Gasteiger partial charge in [0.1, 0.15) is 23.7 Å². The molecule has 0 aromatic heterocycles. The second-order valence-corrected chi connectivity index (χ2v) is 11.7. The summed E-state index contributed by atoms with van der Waals surface area (Å²) < 4.78 is 18.7. The molecule has 4 fully saturated rings. The summed E-state index contributed by atoms with van der Waals surface area (Å²) in [6, 6.07) is 0. The van der Waals surface area contributed by atoms with Gasteiger partial charge in [0.2, 0.25) is 0 Å². The molecule has 10 heteroatoms. The summed E-state index contributed by atoms with van der Waals surface area (Å²) in [5.74, 6) is -1.65. The van der Waals surface area contributed by atoms with E-state index in [-0.39, 0.29) is 37.5 Å². The van der Waals surface area contributed by atoms with E-state index in [1.165, 1.54) is 0 Å². The molecule has 0 radical (unpaired) electrons. The Morgan fingerprint density at radius 2 is 2.05 bits per heavy atom. The van der Waals surface area contributed by atoms with Gasteiger partial charge in [0.15, 0.2) is 0 Å². The van der Waals surface area contributed by atoms with Gasteiger partial charge in [-0.1, -0.05) is 6.08 Å². The number of piperidine rings is 1. The SMILES string of the molecule is CC=C(C)C(=O)OC1CC2C(CC3OC(CO)CC(=O)C3C2O)OC1(C)C(CO)CC1CCC(N)[NH2+]C1. The van der Waals surface area contributed by atoms with Gasteiger partial charge < -0.3 is 34.8 Å². The van der Waals surface area contributed by atoms with Gasteiger partial charge in [0.05, 0.1) is 43.5 Å². The maximum Gasteiger partial charge on any atom is 0.333 e. The molecule has 1 saturated carbocycles. The van der Waals surface area contributed by atoms with E-state index < -0.39 is 53.9 Å². The Morgan fingerprint density at radius 3 is 2.68 bits per heavy atom. The molecule has 10 nitrogen and oxygen atoms in total. The first-order valence-electron chi connectivity index (χ1n) is 13.8. The van der Waals surface area contributed by atoms with Gasteiger partial charge in [-0.05, 0) is 40.0 Å². The van der Waals surface area contributed by atoms with E-state index in [0.29, 0.717) is 30.8 Å². The van der Waals surface area contributed by atoms with Crippen molar-refractivity contribution in [3.8, 4) is 0 Å². The highest BCUT2D eigenvalue weighted by Crippen LogP contribution is 2.49. The monoisotopic (exact) mass is 525 g/mol. The predicted octanol–water partition coefficient (Wildman–Crippen LogP) is -0.615. The van der Waals surface area contributed by atoms with E-state index in [2.05, 4.69) is 5.32 Å². The van der Waals surface area contributed by atoms with Crippen molar-refractivity contribution < 1.29 is 44.4 Å². The molecule has 0 aromatic carbocycles. The molecule has 3 saturated heterocycles. The van der Waals surface area contributed by atoms with Crippen LogP contribution in [0.1, 0.15) is 59.3 Å². The number of esters is 1. The minimum atomic E-state index is -1.01. The number of hydrogen-bond acceptors (Lipinski definition) is 9. The Kier molecular flexibility index (Phi) is 9.10. The van der Waals surface area contributed by atoms with Crippen LogP contribution in [0.5, 0.6) is 0 Å². The normalized spacial score (nSPS) is 43.5. The highest BCUT2D eigenvalue weighted by atomic mass is 16.6. The summed E-state index contributed by atoms with van der Waals surface area (Å²) >= 11 is 0. The summed E-state index contributed by atoms with van der Waals surface area (Å²) in [5.41, 5.74) is 5.52. The average Bonchev–Trinajstić information content (AvgIpc) is 2.88. The third-order valence-corrected chi connectivity index (χ3v) is 9.39. The third-order valence-electron chi connectivity index (χ3n) is 9.39. The van der Waals surface area contributed by atoms with Crippen molar-refractivity contribution in [2.75, 3.05) is 19.8 Å². The zero-order valence-corrected chi connectivity index (χ0v) is 22.3. The van der Waals surface area contributed by atoms with Gasteiger partial charge in [-0.2, -0.15) is 0 Å². The summed E-state index contributed by atoms with van der Waals surface area (Å²) in [6.07, 6.45) is 1.83. The molecule has 3 aliphatic heterocycles. The zero-order valence-electron chi connectivity index (χ0n) is 22.3. The summed E-state index contributed by atoms with van der Waals surface area (Å²) in [5, 5.41) is 33.6. The standard InChI is InChI=1S/C27H44N2O8/c1-4-14(2)26(34)36-22-9-18-20(10-21-24(25(18)33)19(32)8-17(13-31)35-21)37-27(22,3)16(12-30)7-15-5-6-23(28)29-11-15/h4,15-18,20-25,29-31,33H,5-13,28H2,1-3H3/p+1. The number of quaternary nitrogens is 1. The maximum absolute atomic E-state index is 12.9. The molecule has 0 bridgehead atoms. The molecule has 0 spiro atoms. The first kappa shape index (κ1) is 28.6. The molecule has 0 aromatic rings. The van der Waals surface area contributed by atoms with Crippen molar-refractivity contribution in [3.05, 3.63) is 11.6 Å². The minimum Gasteiger partial charge on any atom is -0.456 e. The van der Waals surface area contributed by atoms with Crippen LogP contribution in [0.4, 0.5) is 0 Å². The predicted molar refractivity (Wildman–Crippen MR) is 133 cm³/mol. The van der Waals surface area contributed by atoms with E-state index in [1.54, 1.807) is 19.9 Å². The largest absolute Gasteiger partial charge is 0.456 e. The maximum atomic E-state index is 12.9. The van der Waals surface area contributed by atoms with Gasteiger partial charge in [0.25, 0.3) is 0 Å². The Balaban J connectivity index is 1.60. The fourth-order valence-electron chi connectivity index (χ4n) is 6.87. The Bertz CT molecular complexity index is 859. The lowest BCUT2D eigenvalue weighted by Crippen LogP contribution is -2.95. The third kappa shape index (κ3) is 5.80. The minimum absolute atomic E-state index is 0.0677. The molecule has 4 aliphatic rings. The van der Waals surface area contributed by atoms with E-state index in [4.69, 9.17) is 19.9 Å². The molecular weight excluding hydrogens is 480 g/mol. The van der Waals surface area contributed by atoms with E-state index in [1.807, 2.05) is 6.92 Å². The molecule has 11 atom stereocenters. The van der Waals surface area contributed by atoms with Crippen molar-refractivity contribution in [3.63, 3.8) is 0 Å². The lowest BCUT2D eigenvalue weighted by Gasteiger charge is -2.56. The number of aliphatic hydroxyl groups is 3. The topological polar surface area (TPSA) is 165 Å². The lowest BCUT2D eigenvalue weighted by atomic mass is 9.65. The van der Waals surface area contributed by atoms with E-state index in [0.717, 1.165) is 19.4 Å². The number of hydrogen-bond donors (Lipinski definition) is 5. The quantitative estimate of drug-likeness (QED) is 0.215. The van der Waals surface area contributed by atoms with Gasteiger partial charge in [-0.15, -0.1) is 0 Å². The van der Waals surface area contributed by atoms with Crippen LogP contribution in [-0.2, 0) is 23.8 Å². The lowest BCUT2D eigenvalue weighted by molar-refractivity contribution is -0.703. The summed E-state index contributed by atoms with van der Waals surface area (Å²) in [4.78, 5) is 25.7. The van der Waals surface area contributed by atoms with Gasteiger partial charge in [0, 0.05) is 49.2 Å². The van der Waals surface area contributed by atoms with Crippen molar-refractivity contribution in [1.82, 2.24) is 0 Å². The highest BCUT2D eigenvalue weighted by molar-refractivity contribution is 5.87. The van der Waals surface area contributed by atoms with Gasteiger partial charge in [-0.3, -0.25) is 10.5 Å². The number of ether oxygens (including phenoxy) is 3. The first-order chi connectivity index (χ1) is 17.6. The van der Waals surface area contributed by atoms with E-state index in [9.17, 15) is 24.9 Å². The van der Waals surface area contributed by atoms with E-state index >= 15 is 0 Å². The Morgan fingerprint density at radius 1 is 1.30 bits per heavy atom. The molecular formula is C27H45N2O8+. The number of carbonyl (C=O) groups is 2. The molecule has 0 amide bonds. The Hall–Kier alpha value is -1.40. The van der Waals surface area contributed by atoms with Crippen LogP contribution in [0.25, 0.3) is 0 Å². The molecule has 37 heavy (non-hydrogen) atoms. The molecule has 11 unspecified atom stereocenters. The molecule has 7 N–H and O–H groups in total. The van der Waals surface area contributed by atoms with Crippen LogP contribution in [0, 0.1) is 23.7 Å². The fraction of sp³-hybridized carbons (Fsp3) is 0.852. The van der Waals surface area contributed by atoms with Gasteiger partial charge >= 0.3 is 5.97 Å². The van der Waals surface area contributed by atoms with Crippen molar-refractivity contribution in [2.45, 2.75) is 102 Å². The van der Waals surface area contributed by atoms with Crippen LogP contribution in [0.3, 0.4) is 0 Å². The number of fused-ring (bicyclic) bond motifs is 2. The van der Waals surface area contributed by atoms with Crippen LogP contribution in [-0.4, -0.2) is 89.1 Å².